The van der Waals surface area contributed by atoms with Crippen LogP contribution in [0.25, 0.3) is 0 Å². The average Bonchev–Trinajstić information content (AvgIpc) is 1.31. The van der Waals surface area contributed by atoms with Crippen molar-refractivity contribution in [2.45, 2.75) is 212 Å². The molecule has 4 rings (SSSR count). The fourth-order valence-corrected chi connectivity index (χ4v) is 15.0. The molecule has 4 aromatic rings. The minimum Gasteiger partial charge on any atom is -0.466 e. The number of aromatic nitrogens is 2. The molecule has 1 aromatic heterocycles. The van der Waals surface area contributed by atoms with Gasteiger partial charge in [0.1, 0.15) is 36.5 Å². The van der Waals surface area contributed by atoms with Crippen molar-refractivity contribution in [3.63, 3.8) is 0 Å². The number of rotatable bonds is 54. The van der Waals surface area contributed by atoms with Gasteiger partial charge in [-0.05, 0) is 109 Å². The molecule has 15 atom stereocenters. The second-order valence-corrected chi connectivity index (χ2v) is 50.3. The summed E-state index contributed by atoms with van der Waals surface area (Å²) in [6.45, 7) is 39.1. The van der Waals surface area contributed by atoms with E-state index in [0.717, 1.165) is 61.9 Å². The summed E-state index contributed by atoms with van der Waals surface area (Å²) >= 11 is 5.42. The van der Waals surface area contributed by atoms with Crippen LogP contribution in [0, 0.1) is 23.7 Å². The highest BCUT2D eigenvalue weighted by molar-refractivity contribution is 7.84. The highest BCUT2D eigenvalue weighted by atomic mass is 35.7. The lowest BCUT2D eigenvalue weighted by Gasteiger charge is -2.25. The highest BCUT2D eigenvalue weighted by Crippen LogP contribution is 2.49. The number of hydrogen-bond acceptors (Lipinski definition) is 35. The molecule has 145 heavy (non-hydrogen) atoms. The molecular formula is C89H170ClN11O36P8. The topological polar surface area (TPSA) is 711 Å². The van der Waals surface area contributed by atoms with E-state index in [1.165, 1.54) is 69.7 Å². The van der Waals surface area contributed by atoms with Crippen molar-refractivity contribution in [3.05, 3.63) is 126 Å². The number of benzene rings is 3. The number of carbonyl (C=O) groups excluding carboxylic acids is 9. The summed E-state index contributed by atoms with van der Waals surface area (Å²) in [5.41, 5.74) is 18.4. The van der Waals surface area contributed by atoms with Gasteiger partial charge in [0.2, 0.25) is 14.9 Å². The maximum Gasteiger partial charge on any atom is 0.325 e. The largest absolute Gasteiger partial charge is 0.466 e. The summed E-state index contributed by atoms with van der Waals surface area (Å²) < 4.78 is 149. The molecule has 0 aliphatic carbocycles. The van der Waals surface area contributed by atoms with Gasteiger partial charge in [-0.2, -0.15) is 0 Å². The first-order chi connectivity index (χ1) is 67.2. The number of nitrogens with one attached hydrogen (secondary N) is 6. The molecule has 19 N–H and O–H groups in total. The first-order valence-electron chi connectivity index (χ1n) is 46.7. The predicted molar refractivity (Wildman–Crippen MR) is 561 cm³/mol. The summed E-state index contributed by atoms with van der Waals surface area (Å²) in [5, 5.41) is 34.2. The Hall–Kier alpha value is -6.53. The molecule has 56 heteroatoms. The lowest BCUT2D eigenvalue weighted by atomic mass is 10.2. The van der Waals surface area contributed by atoms with Gasteiger partial charge in [-0.25, -0.2) is 30.4 Å². The van der Waals surface area contributed by atoms with Crippen molar-refractivity contribution in [2.24, 2.45) is 40.9 Å². The maximum absolute atomic E-state index is 12.6. The number of ether oxygens (including phenoxy) is 9. The van der Waals surface area contributed by atoms with Gasteiger partial charge in [-0.3, -0.25) is 89.1 Å². The molecule has 47 nitrogen and oxygen atoms in total. The van der Waals surface area contributed by atoms with Gasteiger partial charge in [-0.1, -0.05) is 172 Å². The van der Waals surface area contributed by atoms with E-state index in [1.807, 2.05) is 119 Å². The average molecular weight is 2250 g/mol. The Bertz CT molecular complexity index is 4380. The van der Waals surface area contributed by atoms with Gasteiger partial charge < -0.3 is 108 Å². The van der Waals surface area contributed by atoms with Gasteiger partial charge in [-0.15, -0.1) is 0 Å². The van der Waals surface area contributed by atoms with Crippen molar-refractivity contribution in [1.82, 2.24) is 39.8 Å². The smallest absolute Gasteiger partial charge is 0.325 e. The van der Waals surface area contributed by atoms with E-state index < -0.39 is 133 Å². The van der Waals surface area contributed by atoms with Crippen LogP contribution in [0.1, 0.15) is 179 Å². The highest BCUT2D eigenvalue weighted by Gasteiger charge is 2.33. The second-order valence-electron chi connectivity index (χ2n) is 31.9. The maximum atomic E-state index is 12.6. The number of nitrogens with two attached hydrogens (primary N) is 3. The van der Waals surface area contributed by atoms with Crippen molar-refractivity contribution in [2.75, 3.05) is 152 Å². The van der Waals surface area contributed by atoms with E-state index in [2.05, 4.69) is 45.0 Å². The minimum absolute atomic E-state index is 0.156. The van der Waals surface area contributed by atoms with Gasteiger partial charge in [0.25, 0.3) is 29.3 Å². The number of nitrogens with zero attached hydrogens (tertiary/aromatic N) is 2. The first kappa shape index (κ1) is 151. The number of unbranched alkanes of at least 4 members (excludes halogenated alkanes) is 4. The van der Waals surface area contributed by atoms with Crippen LogP contribution in [0.15, 0.2) is 110 Å². The molecule has 0 spiro atoms. The number of esters is 9. The molecule has 0 amide bonds. The van der Waals surface area contributed by atoms with Crippen LogP contribution >= 0.6 is 70.6 Å². The third kappa shape index (κ3) is 100. The third-order valence-electron chi connectivity index (χ3n) is 16.6. The number of hydrogen-bond donors (Lipinski definition) is 16. The van der Waals surface area contributed by atoms with Crippen LogP contribution in [-0.2, 0) is 156 Å². The lowest BCUT2D eigenvalue weighted by molar-refractivity contribution is -0.148. The Morgan fingerprint density at radius 2 is 0.690 bits per heavy atom. The van der Waals surface area contributed by atoms with E-state index in [-0.39, 0.29) is 93.7 Å². The Morgan fingerprint density at radius 1 is 0.393 bits per heavy atom. The molecular weight excluding hydrogens is 2080 g/mol. The molecule has 0 radical (unpaired) electrons. The van der Waals surface area contributed by atoms with Crippen LogP contribution in [0.5, 0.6) is 0 Å². The molecule has 844 valence electrons. The third-order valence-corrected chi connectivity index (χ3v) is 24.6. The molecule has 3 aromatic carbocycles. The van der Waals surface area contributed by atoms with Gasteiger partial charge >= 0.3 is 68.9 Å². The standard InChI is InChI=1S/C15H31N2O7P.C14H29N2O5P.C14H22NO4P.C8H10ClO2P.C8H11O3P.C7H16NO4P.C7H15NO2.C6H13NO2.C5H11NO2.C4H7N2O2P.CH5O3P/c1-4-6-8-23-14(20)12(10-18)16-25(3,22)17-13(11-19)15(21)24-9-7-5-2;1-6-8-9-21-14(18)12(4)16-22(5,19)15-10-11(3)13(17)20-7-2;1-4-18-14(16)12(2)10-15-20(3,17)19-11-13-8-6-5-7-9-13;2*1-12(9,10)11-7-8-5-3-2-4-6-8;1-4-12-7(9)6(2)5-8-13(3,10)11;1-3-4-5-10-7(9)6(2)8;1-3-9-6(8)5(2)4-7;1-3-8-5(7)4(2)6;1-9(7,8)6-3-2-5-4-6;1-5(2,3)4/h12-13,18-19H,4-11H2,1-3H3,(H2,16,17,22);11-12H,6-10H2,1-5H3,(H2,15,16,19);5-9,12H,4,10-11H2,1-3H3,(H,15,17);2-6H,7H2,1H3;2-6H,7H2,1H3,(H,9,10);6H,4-5H2,1-3H3,(H2,8,10,11);6H,3-5,8H2,1-2H3;5H,3-4,7H2,1-2H3;4H,3,6H2,1-2H3;2-4H,1H3,(H,7,8);1H3,(H2,2,3,4). The zero-order valence-corrected chi connectivity index (χ0v) is 96.4. The molecule has 0 aliphatic heterocycles. The Morgan fingerprint density at radius 3 is 0.959 bits per heavy atom. The predicted octanol–water partition coefficient (Wildman–Crippen LogP) is 12.1. The second kappa shape index (κ2) is 88.1. The van der Waals surface area contributed by atoms with E-state index in [0.29, 0.717) is 72.2 Å². The van der Waals surface area contributed by atoms with E-state index in [4.69, 9.17) is 99.6 Å². The SMILES string of the molecule is CCCCOC(=O)C(C)N.CCCCOC(=O)C(C)NP(C)(=O)NCC(C)C(=O)OCC.CCCCOC(=O)C(CO)NP(C)(=O)NC(CO)C(=O)OCCCC.CCOC(=O)C(C)CN.CCOC(=O)C(C)CNP(C)(=O)O.CCOC(=O)C(C)CNP(C)(=O)OCc1ccccc1.CCOC(=O)C(C)N.CP(=O)(Cl)OCc1ccccc1.CP(=O)(O)O.CP(=O)(O)OCc1ccccc1.CP(=O)(O)n1ccnc1. The van der Waals surface area contributed by atoms with Crippen LogP contribution in [-0.4, -0.2) is 280 Å². The molecule has 0 fully saturated rings. The number of imidazole rings is 1. The van der Waals surface area contributed by atoms with E-state index in [9.17, 15) is 89.9 Å². The molecule has 0 aliphatic rings. The summed E-state index contributed by atoms with van der Waals surface area (Å²) in [5.74, 6) is -5.10. The number of aliphatic hydroxyl groups excluding tert-OH is 2. The number of halogens is 1. The number of aliphatic hydroxyl groups is 2. The van der Waals surface area contributed by atoms with Gasteiger partial charge in [0, 0.05) is 91.9 Å². The first-order valence-corrected chi connectivity index (χ1v) is 64.3. The zero-order valence-electron chi connectivity index (χ0n) is 88.5. The van der Waals surface area contributed by atoms with Crippen molar-refractivity contribution in [1.29, 1.82) is 0 Å². The molecule has 15 unspecified atom stereocenters. The molecule has 0 saturated carbocycles. The van der Waals surface area contributed by atoms with Crippen LogP contribution in [0.3, 0.4) is 0 Å². The quantitative estimate of drug-likeness (QED) is 0.00845. The Labute approximate surface area is 861 Å². The normalized spacial score (nSPS) is 15.3. The lowest BCUT2D eigenvalue weighted by Crippen LogP contribution is -2.46. The van der Waals surface area contributed by atoms with Gasteiger partial charge in [0.15, 0.2) is 0 Å². The summed E-state index contributed by atoms with van der Waals surface area (Å²) in [4.78, 5) is 147. The van der Waals surface area contributed by atoms with Crippen LogP contribution in [0.4, 0.5) is 0 Å². The van der Waals surface area contributed by atoms with Crippen molar-refractivity contribution < 1.29 is 171 Å². The van der Waals surface area contributed by atoms with Crippen LogP contribution < -0.4 is 47.7 Å². The Balaban J connectivity index is -0.000000296. The summed E-state index contributed by atoms with van der Waals surface area (Å²) in [7, 11) is -22.7. The van der Waals surface area contributed by atoms with Crippen molar-refractivity contribution in [3.8, 4) is 0 Å². The molecule has 0 saturated heterocycles. The number of carbonyl (C=O) groups is 9. The zero-order chi connectivity index (χ0) is 113. The van der Waals surface area contributed by atoms with Crippen LogP contribution in [0.2, 0.25) is 0 Å². The monoisotopic (exact) mass is 2250 g/mol. The minimum atomic E-state index is -3.64. The molecule has 1 heterocycles. The fraction of sp³-hybridized carbons (Fsp3) is 0.663. The summed E-state index contributed by atoms with van der Waals surface area (Å²) in [6.07, 6.45) is 11.0. The van der Waals surface area contributed by atoms with Crippen molar-refractivity contribution >= 4 is 124 Å². The van der Waals surface area contributed by atoms with Gasteiger partial charge in [0.05, 0.1) is 116 Å². The Kier molecular flexibility index (Phi) is 92.0. The van der Waals surface area contributed by atoms with E-state index >= 15 is 0 Å². The molecule has 0 bridgehead atoms. The van der Waals surface area contributed by atoms with E-state index in [1.54, 1.807) is 83.1 Å². The summed E-state index contributed by atoms with van der Waals surface area (Å²) in [6, 6.07) is 24.2. The fourth-order valence-electron chi connectivity index (χ4n) is 8.66.